The smallest absolute Gasteiger partial charge is 0.119 e. The lowest BCUT2D eigenvalue weighted by Gasteiger charge is -2.13. The molecule has 2 rings (SSSR count). The highest BCUT2D eigenvalue weighted by atomic mass is 16.5. The second-order valence-electron chi connectivity index (χ2n) is 5.47. The molecule has 1 N–H and O–H groups in total. The van der Waals surface area contributed by atoms with Crippen molar-refractivity contribution in [3.8, 4) is 5.75 Å². The van der Waals surface area contributed by atoms with Crippen LogP contribution < -0.4 is 10.1 Å². The Morgan fingerprint density at radius 1 is 1.37 bits per heavy atom. The highest BCUT2D eigenvalue weighted by molar-refractivity contribution is 5.29. The number of ether oxygens (including phenoxy) is 2. The molecule has 0 spiro atoms. The molecule has 1 aliphatic rings. The molecule has 1 aliphatic carbocycles. The van der Waals surface area contributed by atoms with Gasteiger partial charge in [0.2, 0.25) is 0 Å². The lowest BCUT2D eigenvalue weighted by Crippen LogP contribution is -2.25. The monoisotopic (exact) mass is 263 g/mol. The fourth-order valence-corrected chi connectivity index (χ4v) is 2.12. The van der Waals surface area contributed by atoms with Crippen LogP contribution in [-0.2, 0) is 11.2 Å². The van der Waals surface area contributed by atoms with Crippen LogP contribution in [0, 0.1) is 5.92 Å². The van der Waals surface area contributed by atoms with Gasteiger partial charge in [0.15, 0.2) is 0 Å². The van der Waals surface area contributed by atoms with Gasteiger partial charge in [0, 0.05) is 13.7 Å². The van der Waals surface area contributed by atoms with Crippen LogP contribution in [-0.4, -0.2) is 32.9 Å². The Labute approximate surface area is 116 Å². The van der Waals surface area contributed by atoms with Gasteiger partial charge in [-0.3, -0.25) is 0 Å². The van der Waals surface area contributed by atoms with E-state index in [1.807, 2.05) is 0 Å². The van der Waals surface area contributed by atoms with Crippen LogP contribution in [0.4, 0.5) is 0 Å². The molecule has 1 atom stereocenters. The molecule has 19 heavy (non-hydrogen) atoms. The minimum atomic E-state index is 0.475. The zero-order valence-electron chi connectivity index (χ0n) is 12.0. The fourth-order valence-electron chi connectivity index (χ4n) is 2.12. The van der Waals surface area contributed by atoms with Gasteiger partial charge < -0.3 is 14.8 Å². The van der Waals surface area contributed by atoms with E-state index in [2.05, 4.69) is 36.5 Å². The van der Waals surface area contributed by atoms with Gasteiger partial charge in [-0.05, 0) is 49.4 Å². The average Bonchev–Trinajstić information content (AvgIpc) is 3.19. The fraction of sp³-hybridized carbons (Fsp3) is 0.625. The molecule has 0 radical (unpaired) electrons. The van der Waals surface area contributed by atoms with E-state index in [4.69, 9.17) is 9.47 Å². The Morgan fingerprint density at radius 2 is 2.21 bits per heavy atom. The molecule has 1 aromatic carbocycles. The summed E-state index contributed by atoms with van der Waals surface area (Å²) in [6.07, 6.45) is 3.99. The highest BCUT2D eigenvalue weighted by Crippen LogP contribution is 2.27. The molecule has 0 saturated heterocycles. The van der Waals surface area contributed by atoms with Gasteiger partial charge in [0.1, 0.15) is 5.75 Å². The predicted molar refractivity (Wildman–Crippen MR) is 77.7 cm³/mol. The summed E-state index contributed by atoms with van der Waals surface area (Å²) in [5, 5.41) is 3.41. The van der Waals surface area contributed by atoms with Crippen LogP contribution in [0.1, 0.15) is 25.3 Å². The lowest BCUT2D eigenvalue weighted by atomic mass is 10.0. The number of nitrogens with one attached hydrogen (secondary N) is 1. The molecule has 1 fully saturated rings. The van der Waals surface area contributed by atoms with Gasteiger partial charge in [-0.1, -0.05) is 19.1 Å². The zero-order chi connectivity index (χ0) is 13.5. The third-order valence-electron chi connectivity index (χ3n) is 3.29. The van der Waals surface area contributed by atoms with Crippen LogP contribution in [0.25, 0.3) is 0 Å². The normalized spacial score (nSPS) is 16.3. The van der Waals surface area contributed by atoms with Gasteiger partial charge in [0.05, 0.1) is 12.7 Å². The molecule has 1 unspecified atom stereocenters. The molecule has 1 aromatic rings. The molecular formula is C16H25NO2. The first kappa shape index (κ1) is 14.4. The third-order valence-corrected chi connectivity index (χ3v) is 3.29. The van der Waals surface area contributed by atoms with Gasteiger partial charge >= 0.3 is 0 Å². The molecule has 1 saturated carbocycles. The van der Waals surface area contributed by atoms with Crippen molar-refractivity contribution in [2.24, 2.45) is 5.92 Å². The predicted octanol–water partition coefficient (Wildman–Crippen LogP) is 2.64. The first-order chi connectivity index (χ1) is 9.28. The largest absolute Gasteiger partial charge is 0.490 e. The zero-order valence-corrected chi connectivity index (χ0v) is 12.0. The van der Waals surface area contributed by atoms with Crippen molar-refractivity contribution in [2.45, 2.75) is 32.3 Å². The van der Waals surface area contributed by atoms with Crippen molar-refractivity contribution in [3.63, 3.8) is 0 Å². The Morgan fingerprint density at radius 3 is 2.95 bits per heavy atom. The molecule has 3 nitrogen and oxygen atoms in total. The third kappa shape index (κ3) is 5.62. The lowest BCUT2D eigenvalue weighted by molar-refractivity contribution is 0.198. The number of benzene rings is 1. The van der Waals surface area contributed by atoms with E-state index in [0.717, 1.165) is 31.9 Å². The Balaban J connectivity index is 1.74. The van der Waals surface area contributed by atoms with E-state index in [9.17, 15) is 0 Å². The Hall–Kier alpha value is -1.06. The summed E-state index contributed by atoms with van der Waals surface area (Å²) in [4.78, 5) is 0. The van der Waals surface area contributed by atoms with Crippen LogP contribution in [0.15, 0.2) is 24.3 Å². The van der Waals surface area contributed by atoms with Crippen molar-refractivity contribution >= 4 is 0 Å². The number of rotatable bonds is 9. The standard InChI is InChI=1S/C16H25NO2/c1-13(12-17-8-9-18-2)10-14-4-3-5-16(11-14)19-15-6-7-15/h3-5,11,13,15,17H,6-10,12H2,1-2H3. The second-order valence-corrected chi connectivity index (χ2v) is 5.47. The number of methoxy groups -OCH3 is 1. The van der Waals surface area contributed by atoms with Crippen LogP contribution >= 0.6 is 0 Å². The molecule has 0 aromatic heterocycles. The van der Waals surface area contributed by atoms with Crippen LogP contribution in [0.2, 0.25) is 0 Å². The first-order valence-electron chi connectivity index (χ1n) is 7.23. The molecule has 0 heterocycles. The minimum Gasteiger partial charge on any atom is -0.490 e. The first-order valence-corrected chi connectivity index (χ1v) is 7.23. The van der Waals surface area contributed by atoms with Gasteiger partial charge in [0.25, 0.3) is 0 Å². The second kappa shape index (κ2) is 7.51. The summed E-state index contributed by atoms with van der Waals surface area (Å²) in [6, 6.07) is 8.52. The topological polar surface area (TPSA) is 30.5 Å². The van der Waals surface area contributed by atoms with E-state index >= 15 is 0 Å². The highest BCUT2D eigenvalue weighted by Gasteiger charge is 2.23. The molecule has 106 valence electrons. The van der Waals surface area contributed by atoms with Crippen LogP contribution in [0.5, 0.6) is 5.75 Å². The summed E-state index contributed by atoms with van der Waals surface area (Å²) in [5.74, 6) is 1.65. The van der Waals surface area contributed by atoms with Gasteiger partial charge in [-0.25, -0.2) is 0 Å². The molecule has 0 bridgehead atoms. The Bertz CT molecular complexity index is 377. The molecule has 0 aliphatic heterocycles. The van der Waals surface area contributed by atoms with Gasteiger partial charge in [-0.15, -0.1) is 0 Å². The van der Waals surface area contributed by atoms with Crippen LogP contribution in [0.3, 0.4) is 0 Å². The number of hydrogen-bond donors (Lipinski definition) is 1. The maximum atomic E-state index is 5.83. The summed E-state index contributed by atoms with van der Waals surface area (Å²) >= 11 is 0. The summed E-state index contributed by atoms with van der Waals surface area (Å²) in [7, 11) is 1.73. The van der Waals surface area contributed by atoms with Crippen molar-refractivity contribution in [1.29, 1.82) is 0 Å². The van der Waals surface area contributed by atoms with E-state index in [1.165, 1.54) is 18.4 Å². The number of hydrogen-bond acceptors (Lipinski definition) is 3. The van der Waals surface area contributed by atoms with Crippen molar-refractivity contribution in [2.75, 3.05) is 26.8 Å². The minimum absolute atomic E-state index is 0.475. The molecule has 3 heteroatoms. The average molecular weight is 263 g/mol. The van der Waals surface area contributed by atoms with Crippen molar-refractivity contribution in [1.82, 2.24) is 5.32 Å². The van der Waals surface area contributed by atoms with E-state index in [1.54, 1.807) is 7.11 Å². The summed E-state index contributed by atoms with van der Waals surface area (Å²) < 4.78 is 10.8. The van der Waals surface area contributed by atoms with Crippen molar-refractivity contribution < 1.29 is 9.47 Å². The maximum Gasteiger partial charge on any atom is 0.119 e. The maximum absolute atomic E-state index is 5.83. The SMILES string of the molecule is COCCNCC(C)Cc1cccc(OC2CC2)c1. The van der Waals surface area contributed by atoms with E-state index in [0.29, 0.717) is 12.0 Å². The summed E-state index contributed by atoms with van der Waals surface area (Å²) in [6.45, 7) is 4.99. The van der Waals surface area contributed by atoms with E-state index < -0.39 is 0 Å². The molecular weight excluding hydrogens is 238 g/mol. The summed E-state index contributed by atoms with van der Waals surface area (Å²) in [5.41, 5.74) is 1.36. The van der Waals surface area contributed by atoms with Gasteiger partial charge in [-0.2, -0.15) is 0 Å². The molecule has 0 amide bonds. The van der Waals surface area contributed by atoms with E-state index in [-0.39, 0.29) is 0 Å². The quantitative estimate of drug-likeness (QED) is 0.695. The Kier molecular flexibility index (Phi) is 5.67. The van der Waals surface area contributed by atoms with Crippen molar-refractivity contribution in [3.05, 3.63) is 29.8 Å².